The van der Waals surface area contributed by atoms with Gasteiger partial charge in [0.25, 0.3) is 0 Å². The van der Waals surface area contributed by atoms with Crippen LogP contribution in [-0.2, 0) is 4.79 Å². The molecule has 0 heterocycles. The lowest BCUT2D eigenvalue weighted by atomic mass is 9.89. The maximum absolute atomic E-state index is 10.4. The van der Waals surface area contributed by atoms with E-state index in [0.717, 1.165) is 12.8 Å². The van der Waals surface area contributed by atoms with Crippen LogP contribution < -0.4 is 0 Å². The molecule has 0 aromatic carbocycles. The highest BCUT2D eigenvalue weighted by molar-refractivity contribution is 5.66. The molecule has 5 nitrogen and oxygen atoms in total. The summed E-state index contributed by atoms with van der Waals surface area (Å²) in [6.07, 6.45) is 17.4. The van der Waals surface area contributed by atoms with Crippen molar-refractivity contribution in [2.75, 3.05) is 0 Å². The largest absolute Gasteiger partial charge is 0.481 e. The van der Waals surface area contributed by atoms with Crippen molar-refractivity contribution in [3.8, 4) is 0 Å². The minimum atomic E-state index is -0.798. The lowest BCUT2D eigenvalue weighted by molar-refractivity contribution is -0.136. The predicted octanol–water partition coefficient (Wildman–Crippen LogP) is 3.38. The zero-order valence-corrected chi connectivity index (χ0v) is 16.2. The number of hydrogen-bond acceptors (Lipinski definition) is 4. The van der Waals surface area contributed by atoms with Crippen molar-refractivity contribution in [2.45, 2.75) is 70.2 Å². The molecule has 1 rings (SSSR count). The first-order valence-electron chi connectivity index (χ1n) is 9.85. The molecule has 0 unspecified atom stereocenters. The second kappa shape index (κ2) is 13.5. The van der Waals surface area contributed by atoms with Crippen molar-refractivity contribution in [2.24, 2.45) is 11.8 Å². The lowest BCUT2D eigenvalue weighted by Crippen LogP contribution is -2.20. The van der Waals surface area contributed by atoms with Crippen LogP contribution in [0.5, 0.6) is 0 Å². The number of aliphatic hydroxyl groups is 3. The van der Waals surface area contributed by atoms with Crippen LogP contribution in [-0.4, -0.2) is 44.7 Å². The average molecular weight is 379 g/mol. The van der Waals surface area contributed by atoms with Gasteiger partial charge in [-0.3, -0.25) is 4.79 Å². The van der Waals surface area contributed by atoms with Gasteiger partial charge in [-0.1, -0.05) is 55.5 Å². The fourth-order valence-electron chi connectivity index (χ4n) is 3.29. The van der Waals surface area contributed by atoms with E-state index >= 15 is 0 Å². The minimum absolute atomic E-state index is 0.0160. The highest BCUT2D eigenvalue weighted by Gasteiger charge is 2.39. The van der Waals surface area contributed by atoms with Gasteiger partial charge >= 0.3 is 5.97 Å². The van der Waals surface area contributed by atoms with Crippen molar-refractivity contribution in [1.29, 1.82) is 0 Å². The molecule has 0 radical (unpaired) electrons. The SMILES string of the molecule is CC/C=C\C[C@@H]1[C@H](/C=C/[C@@H](O)C/C=C\C/C=C\CCC(=O)O)[C@@H](O)C[C@H]1O. The summed E-state index contributed by atoms with van der Waals surface area (Å²) in [5, 5.41) is 38.9. The zero-order valence-electron chi connectivity index (χ0n) is 16.2. The summed E-state index contributed by atoms with van der Waals surface area (Å²) in [6, 6.07) is 0. The first-order valence-corrected chi connectivity index (χ1v) is 9.85. The summed E-state index contributed by atoms with van der Waals surface area (Å²) >= 11 is 0. The Morgan fingerprint density at radius 2 is 1.81 bits per heavy atom. The van der Waals surface area contributed by atoms with Crippen molar-refractivity contribution < 1.29 is 25.2 Å². The molecule has 1 aliphatic rings. The van der Waals surface area contributed by atoms with Gasteiger partial charge in [-0.25, -0.2) is 0 Å². The van der Waals surface area contributed by atoms with Crippen LogP contribution in [0.1, 0.15) is 51.9 Å². The molecule has 0 bridgehead atoms. The molecular weight excluding hydrogens is 344 g/mol. The minimum Gasteiger partial charge on any atom is -0.481 e. The first kappa shape index (κ1) is 23.3. The summed E-state index contributed by atoms with van der Waals surface area (Å²) in [6.45, 7) is 2.06. The van der Waals surface area contributed by atoms with Gasteiger partial charge in [0.2, 0.25) is 0 Å². The number of rotatable bonds is 12. The Bertz CT molecular complexity index is 535. The van der Waals surface area contributed by atoms with Crippen molar-refractivity contribution in [3.63, 3.8) is 0 Å². The molecule has 0 amide bonds. The maximum atomic E-state index is 10.4. The molecule has 0 spiro atoms. The van der Waals surface area contributed by atoms with E-state index in [0.29, 0.717) is 25.7 Å². The number of carboxylic acids is 1. The third-order valence-corrected chi connectivity index (χ3v) is 4.79. The van der Waals surface area contributed by atoms with Crippen LogP contribution in [0.15, 0.2) is 48.6 Å². The number of hydrogen-bond donors (Lipinski definition) is 4. The molecule has 0 saturated heterocycles. The number of aliphatic carboxylic acids is 1. The van der Waals surface area contributed by atoms with Crippen LogP contribution in [0.2, 0.25) is 0 Å². The van der Waals surface area contributed by atoms with Gasteiger partial charge in [0, 0.05) is 18.8 Å². The van der Waals surface area contributed by atoms with E-state index in [2.05, 4.69) is 19.1 Å². The standard InChI is InChI=1S/C22H34O5/c1-2-3-8-12-18-19(21(25)16-20(18)24)15-14-17(23)11-9-6-4-5-7-10-13-22(26)27/h3,5-9,14-15,17-21,23-25H,2,4,10-13,16H2,1H3,(H,26,27)/b7-5-,8-3-,9-6-,15-14+/t17-,18+,19-,20+,21-/m0/s1. The Balaban J connectivity index is 2.39. The van der Waals surface area contributed by atoms with E-state index < -0.39 is 24.3 Å². The van der Waals surface area contributed by atoms with E-state index in [1.807, 2.05) is 30.4 Å². The van der Waals surface area contributed by atoms with Crippen LogP contribution in [0.25, 0.3) is 0 Å². The van der Waals surface area contributed by atoms with Crippen LogP contribution in [0.3, 0.4) is 0 Å². The monoisotopic (exact) mass is 378 g/mol. The summed E-state index contributed by atoms with van der Waals surface area (Å²) in [5.41, 5.74) is 0. The van der Waals surface area contributed by atoms with E-state index in [1.165, 1.54) is 0 Å². The van der Waals surface area contributed by atoms with E-state index in [4.69, 9.17) is 5.11 Å². The van der Waals surface area contributed by atoms with Gasteiger partial charge in [0.15, 0.2) is 0 Å². The third-order valence-electron chi connectivity index (χ3n) is 4.79. The van der Waals surface area contributed by atoms with Gasteiger partial charge < -0.3 is 20.4 Å². The fourth-order valence-corrected chi connectivity index (χ4v) is 3.29. The van der Waals surface area contributed by atoms with E-state index in [9.17, 15) is 20.1 Å². The van der Waals surface area contributed by atoms with Crippen molar-refractivity contribution in [1.82, 2.24) is 0 Å². The predicted molar refractivity (Wildman–Crippen MR) is 107 cm³/mol. The summed E-state index contributed by atoms with van der Waals surface area (Å²) < 4.78 is 0. The molecule has 1 aliphatic carbocycles. The normalized spacial score (nSPS) is 27.6. The number of carbonyl (C=O) groups is 1. The van der Waals surface area contributed by atoms with Gasteiger partial charge in [-0.2, -0.15) is 0 Å². The summed E-state index contributed by atoms with van der Waals surface area (Å²) in [4.78, 5) is 10.4. The van der Waals surface area contributed by atoms with Crippen LogP contribution >= 0.6 is 0 Å². The molecule has 5 atom stereocenters. The molecule has 0 aromatic rings. The van der Waals surface area contributed by atoms with E-state index in [-0.39, 0.29) is 18.3 Å². The lowest BCUT2D eigenvalue weighted by Gasteiger charge is -2.19. The molecule has 152 valence electrons. The topological polar surface area (TPSA) is 98.0 Å². The first-order chi connectivity index (χ1) is 13.0. The highest BCUT2D eigenvalue weighted by Crippen LogP contribution is 2.36. The molecular formula is C22H34O5. The van der Waals surface area contributed by atoms with Gasteiger partial charge in [0.05, 0.1) is 18.3 Å². The van der Waals surface area contributed by atoms with Crippen LogP contribution in [0, 0.1) is 11.8 Å². The Morgan fingerprint density at radius 1 is 1.07 bits per heavy atom. The fraction of sp³-hybridized carbons (Fsp3) is 0.591. The smallest absolute Gasteiger partial charge is 0.303 e. The summed E-state index contributed by atoms with van der Waals surface area (Å²) in [5.74, 6) is -0.955. The Hall–Kier alpha value is -1.69. The number of aliphatic hydroxyl groups excluding tert-OH is 3. The van der Waals surface area contributed by atoms with Gasteiger partial charge in [0.1, 0.15) is 0 Å². The zero-order chi connectivity index (χ0) is 20.1. The second-order valence-corrected chi connectivity index (χ2v) is 7.03. The molecule has 27 heavy (non-hydrogen) atoms. The summed E-state index contributed by atoms with van der Waals surface area (Å²) in [7, 11) is 0. The Morgan fingerprint density at radius 3 is 2.52 bits per heavy atom. The van der Waals surface area contributed by atoms with E-state index in [1.54, 1.807) is 6.08 Å². The third kappa shape index (κ3) is 9.70. The molecule has 1 saturated carbocycles. The molecule has 1 fully saturated rings. The van der Waals surface area contributed by atoms with Crippen molar-refractivity contribution in [3.05, 3.63) is 48.6 Å². The Labute approximate surface area is 162 Å². The number of carboxylic acid groups (broad SMARTS) is 1. The van der Waals surface area contributed by atoms with Crippen molar-refractivity contribution >= 4 is 5.97 Å². The molecule has 0 aliphatic heterocycles. The van der Waals surface area contributed by atoms with Gasteiger partial charge in [-0.15, -0.1) is 0 Å². The molecule has 0 aromatic heterocycles. The number of allylic oxidation sites excluding steroid dienone is 5. The highest BCUT2D eigenvalue weighted by atomic mass is 16.4. The average Bonchev–Trinajstić information content (AvgIpc) is 2.88. The molecule has 5 heteroatoms. The van der Waals surface area contributed by atoms with Gasteiger partial charge in [-0.05, 0) is 38.0 Å². The Kier molecular flexibility index (Phi) is 11.7. The maximum Gasteiger partial charge on any atom is 0.303 e. The molecule has 4 N–H and O–H groups in total. The van der Waals surface area contributed by atoms with Crippen LogP contribution in [0.4, 0.5) is 0 Å². The quantitative estimate of drug-likeness (QED) is 0.390. The second-order valence-electron chi connectivity index (χ2n) is 7.03.